The molecule has 0 saturated carbocycles. The van der Waals surface area contributed by atoms with E-state index in [1.54, 1.807) is 24.0 Å². The zero-order chi connectivity index (χ0) is 19.6. The first-order valence-electron chi connectivity index (χ1n) is 8.36. The van der Waals surface area contributed by atoms with Crippen LogP contribution in [0.1, 0.15) is 25.0 Å². The predicted octanol–water partition coefficient (Wildman–Crippen LogP) is 2.27. The summed E-state index contributed by atoms with van der Waals surface area (Å²) in [7, 11) is 0. The summed E-state index contributed by atoms with van der Waals surface area (Å²) in [5, 5.41) is 9.02. The van der Waals surface area contributed by atoms with Gasteiger partial charge in [-0.2, -0.15) is 5.10 Å². The molecule has 1 amide bonds. The maximum absolute atomic E-state index is 14.4. The van der Waals surface area contributed by atoms with E-state index in [2.05, 4.69) is 20.5 Å². The minimum atomic E-state index is -2.98. The number of rotatable bonds is 4. The number of alkyl halides is 2. The molecule has 1 aliphatic rings. The number of hydrogen-bond acceptors (Lipinski definition) is 5. The van der Waals surface area contributed by atoms with E-state index in [9.17, 15) is 18.4 Å². The van der Waals surface area contributed by atoms with E-state index in [0.717, 1.165) is 0 Å². The van der Waals surface area contributed by atoms with Gasteiger partial charge in [0, 0.05) is 31.8 Å². The minimum absolute atomic E-state index is 0.0608. The van der Waals surface area contributed by atoms with Crippen molar-refractivity contribution in [1.82, 2.24) is 20.1 Å². The van der Waals surface area contributed by atoms with E-state index in [4.69, 9.17) is 11.6 Å². The van der Waals surface area contributed by atoms with Crippen molar-refractivity contribution in [3.8, 4) is 0 Å². The SMILES string of the molecule is CC(C(=O)Nc1ccc(Cl)cn1)N1CCC(F)(F)[C@@H](c2ccc(=O)[nH]n2)C1. The van der Waals surface area contributed by atoms with Gasteiger partial charge < -0.3 is 5.32 Å². The molecule has 0 aromatic carbocycles. The van der Waals surface area contributed by atoms with Gasteiger partial charge in [0.25, 0.3) is 11.5 Å². The van der Waals surface area contributed by atoms with Crippen LogP contribution in [-0.4, -0.2) is 51.0 Å². The lowest BCUT2D eigenvalue weighted by molar-refractivity contribution is -0.125. The number of piperidine rings is 1. The number of H-pyrrole nitrogens is 1. The number of likely N-dealkylation sites (tertiary alicyclic amines) is 1. The van der Waals surface area contributed by atoms with Gasteiger partial charge in [0.05, 0.1) is 22.7 Å². The number of halogens is 3. The molecule has 0 radical (unpaired) electrons. The quantitative estimate of drug-likeness (QED) is 0.825. The van der Waals surface area contributed by atoms with E-state index in [0.29, 0.717) is 10.8 Å². The third kappa shape index (κ3) is 4.48. The second kappa shape index (κ2) is 7.69. The van der Waals surface area contributed by atoms with E-state index in [1.165, 1.54) is 18.3 Å². The molecule has 0 aliphatic carbocycles. The van der Waals surface area contributed by atoms with Gasteiger partial charge in [-0.1, -0.05) is 11.6 Å². The van der Waals surface area contributed by atoms with Crippen molar-refractivity contribution in [2.45, 2.75) is 31.2 Å². The number of carbonyl (C=O) groups is 1. The molecule has 2 aromatic heterocycles. The number of nitrogens with zero attached hydrogens (tertiary/aromatic N) is 3. The van der Waals surface area contributed by atoms with Gasteiger partial charge in [-0.15, -0.1) is 0 Å². The standard InChI is InChI=1S/C17H18ClF2N5O2/c1-10(16(27)22-14-4-2-11(18)8-21-14)25-7-6-17(19,20)12(9-25)13-3-5-15(26)24-23-13/h2-5,8,10,12H,6-7,9H2,1H3,(H,24,26)(H,21,22,27)/t10?,12-/m1/s1. The van der Waals surface area contributed by atoms with Crippen LogP contribution in [0.4, 0.5) is 14.6 Å². The predicted molar refractivity (Wildman–Crippen MR) is 96.1 cm³/mol. The molecule has 1 unspecified atom stereocenters. The molecule has 1 saturated heterocycles. The summed E-state index contributed by atoms with van der Waals surface area (Å²) in [6, 6.07) is 4.96. The van der Waals surface area contributed by atoms with Crippen LogP contribution < -0.4 is 10.9 Å². The summed E-state index contributed by atoms with van der Waals surface area (Å²) < 4.78 is 28.8. The molecule has 2 aromatic rings. The number of hydrogen-bond donors (Lipinski definition) is 2. The van der Waals surface area contributed by atoms with E-state index >= 15 is 0 Å². The summed E-state index contributed by atoms with van der Waals surface area (Å²) in [5.41, 5.74) is -0.366. The molecule has 3 rings (SSSR count). The van der Waals surface area contributed by atoms with Gasteiger partial charge in [0.2, 0.25) is 5.91 Å². The Morgan fingerprint density at radius 2 is 2.19 bits per heavy atom. The Morgan fingerprint density at radius 3 is 2.81 bits per heavy atom. The minimum Gasteiger partial charge on any atom is -0.309 e. The number of nitrogens with one attached hydrogen (secondary N) is 2. The molecule has 1 aliphatic heterocycles. The molecule has 2 atom stereocenters. The summed E-state index contributed by atoms with van der Waals surface area (Å²) in [4.78, 5) is 29.3. The summed E-state index contributed by atoms with van der Waals surface area (Å²) in [5.74, 6) is -4.22. The Labute approximate surface area is 158 Å². The third-order valence-corrected chi connectivity index (χ3v) is 4.85. The summed E-state index contributed by atoms with van der Waals surface area (Å²) in [6.45, 7) is 1.65. The molecular formula is C17H18ClF2N5O2. The van der Waals surface area contributed by atoms with Crippen LogP contribution in [0.3, 0.4) is 0 Å². The number of aromatic nitrogens is 3. The fraction of sp³-hybridized carbons (Fsp3) is 0.412. The van der Waals surface area contributed by atoms with Gasteiger partial charge in [-0.3, -0.25) is 14.5 Å². The van der Waals surface area contributed by atoms with Gasteiger partial charge in [0.15, 0.2) is 0 Å². The highest BCUT2D eigenvalue weighted by atomic mass is 35.5. The van der Waals surface area contributed by atoms with Crippen molar-refractivity contribution in [3.63, 3.8) is 0 Å². The van der Waals surface area contributed by atoms with Crippen molar-refractivity contribution in [2.75, 3.05) is 18.4 Å². The van der Waals surface area contributed by atoms with Crippen molar-refractivity contribution in [1.29, 1.82) is 0 Å². The van der Waals surface area contributed by atoms with Crippen LogP contribution in [0.5, 0.6) is 0 Å². The average Bonchev–Trinajstić information content (AvgIpc) is 2.64. The van der Waals surface area contributed by atoms with Gasteiger partial charge in [-0.05, 0) is 25.1 Å². The largest absolute Gasteiger partial charge is 0.309 e. The maximum atomic E-state index is 14.4. The molecular weight excluding hydrogens is 380 g/mol. The molecule has 27 heavy (non-hydrogen) atoms. The second-order valence-corrected chi connectivity index (χ2v) is 6.87. The van der Waals surface area contributed by atoms with Crippen molar-refractivity contribution >= 4 is 23.3 Å². The number of anilines is 1. The summed E-state index contributed by atoms with van der Waals surface area (Å²) in [6.07, 6.45) is 0.996. The topological polar surface area (TPSA) is 91.0 Å². The van der Waals surface area contributed by atoms with Crippen LogP contribution in [-0.2, 0) is 4.79 Å². The molecule has 1 fully saturated rings. The first kappa shape index (κ1) is 19.4. The Kier molecular flexibility index (Phi) is 5.52. The fourth-order valence-electron chi connectivity index (χ4n) is 2.98. The Morgan fingerprint density at radius 1 is 1.41 bits per heavy atom. The molecule has 2 N–H and O–H groups in total. The summed E-state index contributed by atoms with van der Waals surface area (Å²) >= 11 is 5.76. The molecule has 7 nitrogen and oxygen atoms in total. The first-order valence-corrected chi connectivity index (χ1v) is 8.74. The van der Waals surface area contributed by atoms with Crippen LogP contribution >= 0.6 is 11.6 Å². The van der Waals surface area contributed by atoms with E-state index in [1.807, 2.05) is 0 Å². The lowest BCUT2D eigenvalue weighted by atomic mass is 9.89. The lowest BCUT2D eigenvalue weighted by Crippen LogP contribution is -2.52. The molecule has 144 valence electrons. The van der Waals surface area contributed by atoms with Crippen molar-refractivity contribution < 1.29 is 13.6 Å². The zero-order valence-corrected chi connectivity index (χ0v) is 15.2. The highest BCUT2D eigenvalue weighted by Crippen LogP contribution is 2.39. The lowest BCUT2D eigenvalue weighted by Gasteiger charge is -2.40. The highest BCUT2D eigenvalue weighted by Gasteiger charge is 2.47. The fourth-order valence-corrected chi connectivity index (χ4v) is 3.10. The molecule has 0 bridgehead atoms. The average molecular weight is 398 g/mol. The van der Waals surface area contributed by atoms with Gasteiger partial charge >= 0.3 is 0 Å². The Bertz CT molecular complexity index is 854. The monoisotopic (exact) mass is 397 g/mol. The number of carbonyl (C=O) groups excluding carboxylic acids is 1. The molecule has 10 heteroatoms. The van der Waals surface area contributed by atoms with Crippen LogP contribution in [0.2, 0.25) is 5.02 Å². The Balaban J connectivity index is 1.72. The molecule has 0 spiro atoms. The number of amides is 1. The smallest absolute Gasteiger partial charge is 0.264 e. The zero-order valence-electron chi connectivity index (χ0n) is 14.5. The highest BCUT2D eigenvalue weighted by molar-refractivity contribution is 6.30. The van der Waals surface area contributed by atoms with Crippen molar-refractivity contribution in [2.24, 2.45) is 0 Å². The number of pyridine rings is 1. The van der Waals surface area contributed by atoms with Crippen molar-refractivity contribution in [3.05, 3.63) is 51.5 Å². The van der Waals surface area contributed by atoms with Crippen LogP contribution in [0.25, 0.3) is 0 Å². The first-order chi connectivity index (χ1) is 12.8. The second-order valence-electron chi connectivity index (χ2n) is 6.43. The normalized spacial score (nSPS) is 20.8. The maximum Gasteiger partial charge on any atom is 0.264 e. The molecule has 3 heterocycles. The third-order valence-electron chi connectivity index (χ3n) is 4.62. The van der Waals surface area contributed by atoms with Gasteiger partial charge in [-0.25, -0.2) is 18.9 Å². The van der Waals surface area contributed by atoms with Crippen LogP contribution in [0, 0.1) is 0 Å². The van der Waals surface area contributed by atoms with Crippen LogP contribution in [0.15, 0.2) is 35.3 Å². The van der Waals surface area contributed by atoms with Gasteiger partial charge in [0.1, 0.15) is 5.82 Å². The number of aromatic amines is 1. The Hall–Kier alpha value is -2.39. The van der Waals surface area contributed by atoms with E-state index in [-0.39, 0.29) is 24.7 Å². The van der Waals surface area contributed by atoms with E-state index < -0.39 is 29.9 Å².